The molecule has 1 fully saturated rings. The molecule has 0 aliphatic heterocycles. The van der Waals surface area contributed by atoms with Crippen LogP contribution in [-0.4, -0.2) is 6.04 Å². The van der Waals surface area contributed by atoms with Gasteiger partial charge < -0.3 is 10.1 Å². The van der Waals surface area contributed by atoms with Gasteiger partial charge in [0.25, 0.3) is 0 Å². The quantitative estimate of drug-likeness (QED) is 0.812. The zero-order chi connectivity index (χ0) is 14.8. The van der Waals surface area contributed by atoms with Gasteiger partial charge in [-0.2, -0.15) is 0 Å². The summed E-state index contributed by atoms with van der Waals surface area (Å²) >= 11 is 3.47. The fourth-order valence-electron chi connectivity index (χ4n) is 2.33. The minimum absolute atomic E-state index is 0.741. The molecule has 0 atom stereocenters. The minimum atomic E-state index is 0.741. The first-order valence-corrected chi connectivity index (χ1v) is 8.18. The summed E-state index contributed by atoms with van der Waals surface area (Å²) in [6.07, 6.45) is 2.65. The molecule has 0 heterocycles. The van der Waals surface area contributed by atoms with E-state index in [1.54, 1.807) is 0 Å². The normalized spacial score (nSPS) is 14.2. The number of hydrogen-bond acceptors (Lipinski definition) is 2. The second-order valence-corrected chi connectivity index (χ2v) is 6.67. The van der Waals surface area contributed by atoms with E-state index in [-0.39, 0.29) is 0 Å². The fourth-order valence-corrected chi connectivity index (χ4v) is 2.80. The van der Waals surface area contributed by atoms with Gasteiger partial charge in [-0.25, -0.2) is 0 Å². The number of halogens is 1. The number of benzene rings is 2. The molecule has 21 heavy (non-hydrogen) atoms. The van der Waals surface area contributed by atoms with Gasteiger partial charge in [0.15, 0.2) is 0 Å². The van der Waals surface area contributed by atoms with Gasteiger partial charge in [-0.15, -0.1) is 0 Å². The Kier molecular flexibility index (Phi) is 4.32. The van der Waals surface area contributed by atoms with Crippen molar-refractivity contribution in [3.05, 3.63) is 57.6 Å². The molecular formula is C18H20BrNO. The first-order chi connectivity index (χ1) is 10.1. The van der Waals surface area contributed by atoms with Gasteiger partial charge in [0.1, 0.15) is 11.5 Å². The maximum Gasteiger partial charge on any atom is 0.130 e. The molecule has 110 valence electrons. The predicted molar refractivity (Wildman–Crippen MR) is 90.0 cm³/mol. The van der Waals surface area contributed by atoms with Crippen molar-refractivity contribution >= 4 is 15.9 Å². The smallest absolute Gasteiger partial charge is 0.130 e. The SMILES string of the molecule is Cc1cc(Oc2ccc(Br)cc2C)ccc1CNC1CC1. The lowest BCUT2D eigenvalue weighted by Crippen LogP contribution is -2.15. The van der Waals surface area contributed by atoms with Crippen LogP contribution in [-0.2, 0) is 6.54 Å². The van der Waals surface area contributed by atoms with Crippen molar-refractivity contribution in [2.24, 2.45) is 0 Å². The largest absolute Gasteiger partial charge is 0.457 e. The van der Waals surface area contributed by atoms with E-state index < -0.39 is 0 Å². The first kappa shape index (κ1) is 14.6. The van der Waals surface area contributed by atoms with Crippen LogP contribution in [0.5, 0.6) is 11.5 Å². The summed E-state index contributed by atoms with van der Waals surface area (Å²) < 4.78 is 7.07. The van der Waals surface area contributed by atoms with E-state index in [2.05, 4.69) is 59.4 Å². The Bertz CT molecular complexity index is 650. The molecule has 0 saturated heterocycles. The van der Waals surface area contributed by atoms with E-state index in [9.17, 15) is 0 Å². The molecular weight excluding hydrogens is 326 g/mol. The van der Waals surface area contributed by atoms with Crippen molar-refractivity contribution in [2.75, 3.05) is 0 Å². The van der Waals surface area contributed by atoms with Gasteiger partial charge in [0, 0.05) is 17.1 Å². The van der Waals surface area contributed by atoms with Crippen LogP contribution in [0.1, 0.15) is 29.5 Å². The standard InChI is InChI=1S/C18H20BrNO/c1-12-10-17(7-3-14(12)11-20-16-5-6-16)21-18-8-4-15(19)9-13(18)2/h3-4,7-10,16,20H,5-6,11H2,1-2H3. The van der Waals surface area contributed by atoms with Crippen LogP contribution < -0.4 is 10.1 Å². The minimum Gasteiger partial charge on any atom is -0.457 e. The molecule has 0 bridgehead atoms. The lowest BCUT2D eigenvalue weighted by molar-refractivity contribution is 0.478. The third kappa shape index (κ3) is 3.86. The highest BCUT2D eigenvalue weighted by Gasteiger charge is 2.20. The average molecular weight is 346 g/mol. The number of ether oxygens (including phenoxy) is 1. The Morgan fingerprint density at radius 3 is 2.57 bits per heavy atom. The van der Waals surface area contributed by atoms with Gasteiger partial charge in [0.05, 0.1) is 0 Å². The van der Waals surface area contributed by atoms with E-state index in [4.69, 9.17) is 4.74 Å². The number of nitrogens with one attached hydrogen (secondary N) is 1. The number of hydrogen-bond donors (Lipinski definition) is 1. The van der Waals surface area contributed by atoms with Gasteiger partial charge in [-0.1, -0.05) is 22.0 Å². The molecule has 0 aromatic heterocycles. The van der Waals surface area contributed by atoms with Gasteiger partial charge in [-0.3, -0.25) is 0 Å². The highest BCUT2D eigenvalue weighted by atomic mass is 79.9. The van der Waals surface area contributed by atoms with Gasteiger partial charge in [0.2, 0.25) is 0 Å². The first-order valence-electron chi connectivity index (χ1n) is 7.39. The fraction of sp³-hybridized carbons (Fsp3) is 0.333. The molecule has 0 unspecified atom stereocenters. The second kappa shape index (κ2) is 6.20. The van der Waals surface area contributed by atoms with Crippen LogP contribution in [0.25, 0.3) is 0 Å². The third-order valence-electron chi connectivity index (χ3n) is 3.84. The Balaban J connectivity index is 1.71. The Labute approximate surface area is 134 Å². The molecule has 3 rings (SSSR count). The van der Waals surface area contributed by atoms with Crippen molar-refractivity contribution in [1.82, 2.24) is 5.32 Å². The molecule has 1 aliphatic carbocycles. The van der Waals surface area contributed by atoms with Crippen molar-refractivity contribution in [3.63, 3.8) is 0 Å². The highest BCUT2D eigenvalue weighted by molar-refractivity contribution is 9.10. The van der Waals surface area contributed by atoms with Crippen LogP contribution in [0.2, 0.25) is 0 Å². The van der Waals surface area contributed by atoms with Crippen LogP contribution in [0.4, 0.5) is 0 Å². The summed E-state index contributed by atoms with van der Waals surface area (Å²) in [4.78, 5) is 0. The lowest BCUT2D eigenvalue weighted by Gasteiger charge is -2.12. The lowest BCUT2D eigenvalue weighted by atomic mass is 10.1. The molecule has 0 amide bonds. The number of rotatable bonds is 5. The molecule has 2 nitrogen and oxygen atoms in total. The monoisotopic (exact) mass is 345 g/mol. The third-order valence-corrected chi connectivity index (χ3v) is 4.33. The van der Waals surface area contributed by atoms with Crippen molar-refractivity contribution in [2.45, 2.75) is 39.3 Å². The van der Waals surface area contributed by atoms with Crippen molar-refractivity contribution in [3.8, 4) is 11.5 Å². The van der Waals surface area contributed by atoms with E-state index in [0.29, 0.717) is 0 Å². The van der Waals surface area contributed by atoms with Crippen LogP contribution in [0.3, 0.4) is 0 Å². The topological polar surface area (TPSA) is 21.3 Å². The van der Waals surface area contributed by atoms with E-state index in [0.717, 1.165) is 34.1 Å². The predicted octanol–water partition coefficient (Wildman–Crippen LogP) is 5.11. The summed E-state index contributed by atoms with van der Waals surface area (Å²) in [6, 6.07) is 13.1. The second-order valence-electron chi connectivity index (χ2n) is 5.76. The van der Waals surface area contributed by atoms with Crippen LogP contribution >= 0.6 is 15.9 Å². The number of aryl methyl sites for hydroxylation is 2. The summed E-state index contributed by atoms with van der Waals surface area (Å²) in [7, 11) is 0. The Morgan fingerprint density at radius 2 is 1.90 bits per heavy atom. The van der Waals surface area contributed by atoms with Crippen molar-refractivity contribution < 1.29 is 4.74 Å². The van der Waals surface area contributed by atoms with E-state index >= 15 is 0 Å². The van der Waals surface area contributed by atoms with Crippen LogP contribution in [0.15, 0.2) is 40.9 Å². The van der Waals surface area contributed by atoms with E-state index in [1.807, 2.05) is 12.1 Å². The summed E-state index contributed by atoms with van der Waals surface area (Å²) in [6.45, 7) is 5.15. The summed E-state index contributed by atoms with van der Waals surface area (Å²) in [5, 5.41) is 3.55. The molecule has 0 spiro atoms. The van der Waals surface area contributed by atoms with Crippen LogP contribution in [0, 0.1) is 13.8 Å². The van der Waals surface area contributed by atoms with Gasteiger partial charge >= 0.3 is 0 Å². The van der Waals surface area contributed by atoms with Crippen molar-refractivity contribution in [1.29, 1.82) is 0 Å². The summed E-state index contributed by atoms with van der Waals surface area (Å²) in [5.41, 5.74) is 3.75. The molecule has 2 aromatic rings. The maximum atomic E-state index is 6.00. The maximum absolute atomic E-state index is 6.00. The highest BCUT2D eigenvalue weighted by Crippen LogP contribution is 2.29. The molecule has 1 N–H and O–H groups in total. The molecule has 0 radical (unpaired) electrons. The molecule has 3 heteroatoms. The Morgan fingerprint density at radius 1 is 1.10 bits per heavy atom. The Hall–Kier alpha value is -1.32. The zero-order valence-electron chi connectivity index (χ0n) is 12.4. The van der Waals surface area contributed by atoms with E-state index in [1.165, 1.54) is 24.0 Å². The summed E-state index contributed by atoms with van der Waals surface area (Å²) in [5.74, 6) is 1.80. The average Bonchev–Trinajstić information content (AvgIpc) is 3.25. The molecule has 1 saturated carbocycles. The van der Waals surface area contributed by atoms with Gasteiger partial charge in [-0.05, 0) is 73.7 Å². The molecule has 2 aromatic carbocycles. The zero-order valence-corrected chi connectivity index (χ0v) is 14.0. The molecule has 1 aliphatic rings.